The normalized spacial score (nSPS) is 15.3. The van der Waals surface area contributed by atoms with Crippen LogP contribution in [0.5, 0.6) is 5.75 Å². The van der Waals surface area contributed by atoms with Gasteiger partial charge in [0, 0.05) is 5.56 Å². The van der Waals surface area contributed by atoms with Gasteiger partial charge in [-0.2, -0.15) is 0 Å². The number of carbonyl (C=O) groups excluding carboxylic acids is 1. The second kappa shape index (κ2) is 7.49. The number of ether oxygens (including phenoxy) is 1. The third kappa shape index (κ3) is 3.77. The van der Waals surface area contributed by atoms with Crippen LogP contribution >= 0.6 is 0 Å². The van der Waals surface area contributed by atoms with Crippen molar-refractivity contribution in [2.24, 2.45) is 0 Å². The van der Waals surface area contributed by atoms with Gasteiger partial charge >= 0.3 is 0 Å². The van der Waals surface area contributed by atoms with Crippen LogP contribution in [0.3, 0.4) is 0 Å². The van der Waals surface area contributed by atoms with E-state index in [9.17, 15) is 4.79 Å². The highest BCUT2D eigenvalue weighted by Gasteiger charge is 2.26. The SMILES string of the molecule is COc1ccccc1C(=O)N1CC[NH+](Cc2cccc(C)c2)CC1. The number of aryl methyl sites for hydroxylation is 1. The minimum Gasteiger partial charge on any atom is -0.496 e. The molecule has 1 saturated heterocycles. The molecule has 4 nitrogen and oxygen atoms in total. The van der Waals surface area contributed by atoms with Crippen LogP contribution in [0.15, 0.2) is 48.5 Å². The molecule has 1 fully saturated rings. The Hall–Kier alpha value is -2.33. The van der Waals surface area contributed by atoms with Crippen LogP contribution in [-0.4, -0.2) is 44.1 Å². The largest absolute Gasteiger partial charge is 0.496 e. The molecule has 0 aromatic heterocycles. The summed E-state index contributed by atoms with van der Waals surface area (Å²) in [5.41, 5.74) is 3.33. The Morgan fingerprint density at radius 2 is 1.88 bits per heavy atom. The number of piperazine rings is 1. The fourth-order valence-corrected chi connectivity index (χ4v) is 3.31. The predicted molar refractivity (Wildman–Crippen MR) is 94.5 cm³/mol. The van der Waals surface area contributed by atoms with Crippen molar-refractivity contribution in [3.05, 3.63) is 65.2 Å². The molecular formula is C20H25N2O2+. The first kappa shape index (κ1) is 16.5. The molecule has 1 amide bonds. The van der Waals surface area contributed by atoms with Crippen LogP contribution in [0.1, 0.15) is 21.5 Å². The molecule has 0 aliphatic carbocycles. The van der Waals surface area contributed by atoms with E-state index in [1.165, 1.54) is 16.0 Å². The zero-order valence-electron chi connectivity index (χ0n) is 14.4. The van der Waals surface area contributed by atoms with E-state index >= 15 is 0 Å². The average Bonchev–Trinajstić information content (AvgIpc) is 2.62. The molecule has 0 saturated carbocycles. The quantitative estimate of drug-likeness (QED) is 0.925. The van der Waals surface area contributed by atoms with E-state index in [0.29, 0.717) is 11.3 Å². The van der Waals surface area contributed by atoms with Gasteiger partial charge in [0.25, 0.3) is 5.91 Å². The van der Waals surface area contributed by atoms with Crippen LogP contribution in [0, 0.1) is 6.92 Å². The topological polar surface area (TPSA) is 34.0 Å². The lowest BCUT2D eigenvalue weighted by atomic mass is 10.1. The van der Waals surface area contributed by atoms with E-state index < -0.39 is 0 Å². The number of rotatable bonds is 4. The highest BCUT2D eigenvalue weighted by atomic mass is 16.5. The molecule has 0 unspecified atom stereocenters. The van der Waals surface area contributed by atoms with Gasteiger partial charge in [-0.25, -0.2) is 0 Å². The molecule has 0 radical (unpaired) electrons. The van der Waals surface area contributed by atoms with E-state index in [1.807, 2.05) is 29.2 Å². The number of amides is 1. The summed E-state index contributed by atoms with van der Waals surface area (Å²) in [6.07, 6.45) is 0. The lowest BCUT2D eigenvalue weighted by molar-refractivity contribution is -0.917. The van der Waals surface area contributed by atoms with Crippen molar-refractivity contribution in [1.29, 1.82) is 0 Å². The van der Waals surface area contributed by atoms with Gasteiger partial charge in [0.1, 0.15) is 12.3 Å². The number of benzene rings is 2. The first-order valence-corrected chi connectivity index (χ1v) is 8.49. The molecule has 24 heavy (non-hydrogen) atoms. The molecule has 1 N–H and O–H groups in total. The summed E-state index contributed by atoms with van der Waals surface area (Å²) in [5, 5.41) is 0. The molecule has 1 aliphatic rings. The zero-order valence-corrected chi connectivity index (χ0v) is 14.4. The molecule has 2 aromatic carbocycles. The number of carbonyl (C=O) groups is 1. The summed E-state index contributed by atoms with van der Waals surface area (Å²) in [4.78, 5) is 16.2. The second-order valence-corrected chi connectivity index (χ2v) is 6.41. The van der Waals surface area contributed by atoms with Gasteiger partial charge in [-0.05, 0) is 19.1 Å². The Labute approximate surface area is 143 Å². The minimum absolute atomic E-state index is 0.0713. The first-order valence-electron chi connectivity index (χ1n) is 8.49. The van der Waals surface area contributed by atoms with Gasteiger partial charge in [0.2, 0.25) is 0 Å². The number of para-hydroxylation sites is 1. The lowest BCUT2D eigenvalue weighted by Crippen LogP contribution is -3.13. The monoisotopic (exact) mass is 325 g/mol. The summed E-state index contributed by atoms with van der Waals surface area (Å²) in [7, 11) is 1.61. The maximum Gasteiger partial charge on any atom is 0.258 e. The molecule has 126 valence electrons. The maximum atomic E-state index is 12.7. The van der Waals surface area contributed by atoms with Gasteiger partial charge < -0.3 is 14.5 Å². The number of nitrogens with zero attached hydrogens (tertiary/aromatic N) is 1. The first-order chi connectivity index (χ1) is 11.7. The lowest BCUT2D eigenvalue weighted by Gasteiger charge is -2.32. The van der Waals surface area contributed by atoms with Crippen molar-refractivity contribution in [1.82, 2.24) is 4.90 Å². The summed E-state index contributed by atoms with van der Waals surface area (Å²) < 4.78 is 5.32. The van der Waals surface area contributed by atoms with E-state index in [-0.39, 0.29) is 5.91 Å². The Kier molecular flexibility index (Phi) is 5.16. The fraction of sp³-hybridized carbons (Fsp3) is 0.350. The van der Waals surface area contributed by atoms with Crippen LogP contribution in [0.4, 0.5) is 0 Å². The molecule has 1 aliphatic heterocycles. The Morgan fingerprint density at radius 1 is 1.12 bits per heavy atom. The Bertz CT molecular complexity index is 706. The van der Waals surface area contributed by atoms with Crippen molar-refractivity contribution in [3.8, 4) is 5.75 Å². The third-order valence-electron chi connectivity index (χ3n) is 4.63. The minimum atomic E-state index is 0.0713. The second-order valence-electron chi connectivity index (χ2n) is 6.41. The van der Waals surface area contributed by atoms with E-state index in [2.05, 4.69) is 31.2 Å². The standard InChI is InChI=1S/C20H24N2O2/c1-16-6-5-7-17(14-16)15-21-10-12-22(13-11-21)20(23)18-8-3-4-9-19(18)24-2/h3-9,14H,10-13,15H2,1-2H3/p+1. The maximum absolute atomic E-state index is 12.7. The highest BCUT2D eigenvalue weighted by molar-refractivity contribution is 5.97. The Morgan fingerprint density at radius 3 is 2.58 bits per heavy atom. The highest BCUT2D eigenvalue weighted by Crippen LogP contribution is 2.19. The van der Waals surface area contributed by atoms with Gasteiger partial charge in [-0.3, -0.25) is 4.79 Å². The summed E-state index contributed by atoms with van der Waals surface area (Å²) >= 11 is 0. The number of methoxy groups -OCH3 is 1. The summed E-state index contributed by atoms with van der Waals surface area (Å²) in [5.74, 6) is 0.721. The van der Waals surface area contributed by atoms with Crippen LogP contribution in [-0.2, 0) is 6.54 Å². The third-order valence-corrected chi connectivity index (χ3v) is 4.63. The van der Waals surface area contributed by atoms with Crippen molar-refractivity contribution < 1.29 is 14.4 Å². The van der Waals surface area contributed by atoms with Crippen LogP contribution < -0.4 is 9.64 Å². The average molecular weight is 325 g/mol. The molecule has 0 bridgehead atoms. The molecular weight excluding hydrogens is 300 g/mol. The van der Waals surface area contributed by atoms with E-state index in [4.69, 9.17) is 4.74 Å². The van der Waals surface area contributed by atoms with Gasteiger partial charge in [-0.1, -0.05) is 42.0 Å². The van der Waals surface area contributed by atoms with Gasteiger partial charge in [0.05, 0.1) is 38.9 Å². The molecule has 3 rings (SSSR count). The molecule has 0 atom stereocenters. The van der Waals surface area contributed by atoms with Crippen LogP contribution in [0.25, 0.3) is 0 Å². The molecule has 1 heterocycles. The van der Waals surface area contributed by atoms with Crippen molar-refractivity contribution in [2.45, 2.75) is 13.5 Å². The molecule has 2 aromatic rings. The van der Waals surface area contributed by atoms with Gasteiger partial charge in [-0.15, -0.1) is 0 Å². The number of nitrogens with one attached hydrogen (secondary N) is 1. The molecule has 4 heteroatoms. The molecule has 0 spiro atoms. The number of hydrogen-bond donors (Lipinski definition) is 1. The fourth-order valence-electron chi connectivity index (χ4n) is 3.31. The summed E-state index contributed by atoms with van der Waals surface area (Å²) in [6, 6.07) is 16.1. The van der Waals surface area contributed by atoms with Gasteiger partial charge in [0.15, 0.2) is 0 Å². The number of quaternary nitrogens is 1. The smallest absolute Gasteiger partial charge is 0.258 e. The number of hydrogen-bond acceptors (Lipinski definition) is 2. The summed E-state index contributed by atoms with van der Waals surface area (Å²) in [6.45, 7) is 6.70. The van der Waals surface area contributed by atoms with Crippen molar-refractivity contribution >= 4 is 5.91 Å². The Balaban J connectivity index is 1.59. The van der Waals surface area contributed by atoms with Crippen LogP contribution in [0.2, 0.25) is 0 Å². The van der Waals surface area contributed by atoms with E-state index in [0.717, 1.165) is 32.7 Å². The predicted octanol–water partition coefficient (Wildman–Crippen LogP) is 1.54. The van der Waals surface area contributed by atoms with E-state index in [1.54, 1.807) is 7.11 Å². The van der Waals surface area contributed by atoms with Crippen molar-refractivity contribution in [2.75, 3.05) is 33.3 Å². The zero-order chi connectivity index (χ0) is 16.9. The van der Waals surface area contributed by atoms with Crippen molar-refractivity contribution in [3.63, 3.8) is 0 Å².